The number of aliphatic hydroxyl groups is 1. The maximum Gasteiger partial charge on any atom is 0.0695 e. The molecule has 1 saturated carbocycles. The van der Waals surface area contributed by atoms with Gasteiger partial charge in [0.1, 0.15) is 0 Å². The minimum Gasteiger partial charge on any atom is -0.391 e. The van der Waals surface area contributed by atoms with Crippen molar-refractivity contribution in [2.75, 3.05) is 27.3 Å². The number of likely N-dealkylation sites (N-methyl/N-ethyl adjacent to an activating group) is 1. The molecule has 1 aliphatic carbocycles. The van der Waals surface area contributed by atoms with Crippen LogP contribution in [0.4, 0.5) is 0 Å². The van der Waals surface area contributed by atoms with Crippen LogP contribution in [0.3, 0.4) is 0 Å². The van der Waals surface area contributed by atoms with E-state index in [-0.39, 0.29) is 6.10 Å². The van der Waals surface area contributed by atoms with Crippen LogP contribution in [0.5, 0.6) is 0 Å². The number of methoxy groups -OCH3 is 1. The molecule has 2 unspecified atom stereocenters. The second kappa shape index (κ2) is 7.20. The van der Waals surface area contributed by atoms with Crippen molar-refractivity contribution in [3.05, 3.63) is 0 Å². The largest absolute Gasteiger partial charge is 0.391 e. The summed E-state index contributed by atoms with van der Waals surface area (Å²) < 4.78 is 5.07. The van der Waals surface area contributed by atoms with Crippen molar-refractivity contribution in [2.45, 2.75) is 50.7 Å². The molecule has 0 amide bonds. The number of nitrogens with zero attached hydrogens (tertiary/aromatic N) is 1. The fraction of sp³-hybridized carbons (Fsp3) is 1.00. The SMILES string of the molecule is COCCN(C)C1CCCCCCC1O. The summed E-state index contributed by atoms with van der Waals surface area (Å²) in [7, 11) is 3.82. The highest BCUT2D eigenvalue weighted by Crippen LogP contribution is 2.20. The first-order chi connectivity index (χ1) is 7.25. The topological polar surface area (TPSA) is 32.7 Å². The molecule has 3 nitrogen and oxygen atoms in total. The van der Waals surface area contributed by atoms with Crippen molar-refractivity contribution in [3.63, 3.8) is 0 Å². The molecule has 3 heteroatoms. The van der Waals surface area contributed by atoms with E-state index in [1.165, 1.54) is 25.7 Å². The zero-order valence-electron chi connectivity index (χ0n) is 10.1. The van der Waals surface area contributed by atoms with Gasteiger partial charge in [-0.1, -0.05) is 25.7 Å². The van der Waals surface area contributed by atoms with Crippen molar-refractivity contribution in [1.29, 1.82) is 0 Å². The molecule has 0 heterocycles. The molecule has 0 aromatic carbocycles. The third-order valence-electron chi connectivity index (χ3n) is 3.41. The molecule has 0 bridgehead atoms. The standard InChI is InChI=1S/C12H25NO2/c1-13(9-10-15-2)11-7-5-3-4-6-8-12(11)14/h11-12,14H,3-10H2,1-2H3. The van der Waals surface area contributed by atoms with E-state index >= 15 is 0 Å². The predicted octanol–water partition coefficient (Wildman–Crippen LogP) is 1.65. The fourth-order valence-corrected chi connectivity index (χ4v) is 2.36. The molecule has 1 aliphatic rings. The van der Waals surface area contributed by atoms with Crippen molar-refractivity contribution in [1.82, 2.24) is 4.90 Å². The van der Waals surface area contributed by atoms with Crippen molar-refractivity contribution >= 4 is 0 Å². The van der Waals surface area contributed by atoms with Crippen LogP contribution >= 0.6 is 0 Å². The quantitative estimate of drug-likeness (QED) is 0.774. The van der Waals surface area contributed by atoms with E-state index in [9.17, 15) is 5.11 Å². The number of aliphatic hydroxyl groups excluding tert-OH is 1. The van der Waals surface area contributed by atoms with Crippen LogP contribution in [0.2, 0.25) is 0 Å². The molecule has 0 saturated heterocycles. The Morgan fingerprint density at radius 1 is 1.20 bits per heavy atom. The lowest BCUT2D eigenvalue weighted by Crippen LogP contribution is -2.43. The maximum absolute atomic E-state index is 10.1. The van der Waals surface area contributed by atoms with Crippen LogP contribution in [0.1, 0.15) is 38.5 Å². The smallest absolute Gasteiger partial charge is 0.0695 e. The van der Waals surface area contributed by atoms with Crippen LogP contribution in [0, 0.1) is 0 Å². The van der Waals surface area contributed by atoms with E-state index in [4.69, 9.17) is 4.74 Å². The van der Waals surface area contributed by atoms with Gasteiger partial charge in [-0.2, -0.15) is 0 Å². The highest BCUT2D eigenvalue weighted by molar-refractivity contribution is 4.79. The summed E-state index contributed by atoms with van der Waals surface area (Å²) in [4.78, 5) is 2.25. The molecule has 2 atom stereocenters. The second-order valence-electron chi connectivity index (χ2n) is 4.60. The zero-order valence-corrected chi connectivity index (χ0v) is 10.1. The molecule has 0 radical (unpaired) electrons. The summed E-state index contributed by atoms with van der Waals surface area (Å²) in [6.07, 6.45) is 6.97. The van der Waals surface area contributed by atoms with Crippen LogP contribution in [0.15, 0.2) is 0 Å². The Morgan fingerprint density at radius 2 is 1.87 bits per heavy atom. The molecule has 15 heavy (non-hydrogen) atoms. The molecule has 1 fully saturated rings. The van der Waals surface area contributed by atoms with Crippen LogP contribution in [-0.4, -0.2) is 49.5 Å². The first-order valence-corrected chi connectivity index (χ1v) is 6.13. The van der Waals surface area contributed by atoms with Gasteiger partial charge >= 0.3 is 0 Å². The highest BCUT2D eigenvalue weighted by Gasteiger charge is 2.23. The Balaban J connectivity index is 2.39. The van der Waals surface area contributed by atoms with E-state index in [1.54, 1.807) is 7.11 Å². The second-order valence-corrected chi connectivity index (χ2v) is 4.60. The minimum absolute atomic E-state index is 0.146. The molecule has 0 aliphatic heterocycles. The Labute approximate surface area is 93.4 Å². The Morgan fingerprint density at radius 3 is 2.53 bits per heavy atom. The molecule has 90 valence electrons. The summed E-state index contributed by atoms with van der Waals surface area (Å²) in [5.74, 6) is 0. The number of rotatable bonds is 4. The van der Waals surface area contributed by atoms with Gasteiger partial charge in [-0.05, 0) is 19.9 Å². The molecule has 0 aromatic rings. The van der Waals surface area contributed by atoms with Gasteiger partial charge in [0.25, 0.3) is 0 Å². The summed E-state index contributed by atoms with van der Waals surface area (Å²) in [6.45, 7) is 1.66. The Kier molecular flexibility index (Phi) is 6.22. The number of ether oxygens (including phenoxy) is 1. The van der Waals surface area contributed by atoms with E-state index < -0.39 is 0 Å². The van der Waals surface area contributed by atoms with Crippen LogP contribution < -0.4 is 0 Å². The van der Waals surface area contributed by atoms with E-state index in [0.29, 0.717) is 6.04 Å². The average molecular weight is 215 g/mol. The number of hydrogen-bond donors (Lipinski definition) is 1. The molecule has 0 aromatic heterocycles. The Bertz CT molecular complexity index is 164. The highest BCUT2D eigenvalue weighted by atomic mass is 16.5. The van der Waals surface area contributed by atoms with Gasteiger partial charge in [0.05, 0.1) is 12.7 Å². The summed E-state index contributed by atoms with van der Waals surface area (Å²) >= 11 is 0. The van der Waals surface area contributed by atoms with Gasteiger partial charge in [-0.15, -0.1) is 0 Å². The summed E-state index contributed by atoms with van der Waals surface area (Å²) in [5, 5.41) is 10.1. The van der Waals surface area contributed by atoms with Crippen molar-refractivity contribution in [2.24, 2.45) is 0 Å². The van der Waals surface area contributed by atoms with Crippen LogP contribution in [0.25, 0.3) is 0 Å². The lowest BCUT2D eigenvalue weighted by atomic mass is 9.93. The predicted molar refractivity (Wildman–Crippen MR) is 62.0 cm³/mol. The van der Waals surface area contributed by atoms with Gasteiger partial charge in [0.15, 0.2) is 0 Å². The zero-order chi connectivity index (χ0) is 11.1. The minimum atomic E-state index is -0.146. The number of hydrogen-bond acceptors (Lipinski definition) is 3. The third kappa shape index (κ3) is 4.49. The molecule has 0 spiro atoms. The van der Waals surface area contributed by atoms with Crippen molar-refractivity contribution < 1.29 is 9.84 Å². The lowest BCUT2D eigenvalue weighted by molar-refractivity contribution is 0.0325. The molecular weight excluding hydrogens is 190 g/mol. The van der Waals surface area contributed by atoms with E-state index in [0.717, 1.165) is 26.0 Å². The van der Waals surface area contributed by atoms with Gasteiger partial charge in [-0.25, -0.2) is 0 Å². The monoisotopic (exact) mass is 215 g/mol. The van der Waals surface area contributed by atoms with E-state index in [2.05, 4.69) is 11.9 Å². The molecule has 1 rings (SSSR count). The first-order valence-electron chi connectivity index (χ1n) is 6.13. The summed E-state index contributed by atoms with van der Waals surface area (Å²) in [5.41, 5.74) is 0. The molecule has 1 N–H and O–H groups in total. The maximum atomic E-state index is 10.1. The normalized spacial score (nSPS) is 28.8. The van der Waals surface area contributed by atoms with E-state index in [1.807, 2.05) is 0 Å². The summed E-state index contributed by atoms with van der Waals surface area (Å²) in [6, 6.07) is 0.334. The molecular formula is C12H25NO2. The third-order valence-corrected chi connectivity index (χ3v) is 3.41. The van der Waals surface area contributed by atoms with Crippen LogP contribution in [-0.2, 0) is 4.74 Å². The average Bonchev–Trinajstić information content (AvgIpc) is 2.20. The van der Waals surface area contributed by atoms with Gasteiger partial charge in [0, 0.05) is 19.7 Å². The van der Waals surface area contributed by atoms with Crippen molar-refractivity contribution in [3.8, 4) is 0 Å². The fourth-order valence-electron chi connectivity index (χ4n) is 2.36. The van der Waals surface area contributed by atoms with Gasteiger partial charge in [0.2, 0.25) is 0 Å². The lowest BCUT2D eigenvalue weighted by Gasteiger charge is -2.33. The van der Waals surface area contributed by atoms with Gasteiger partial charge in [-0.3, -0.25) is 4.90 Å². The van der Waals surface area contributed by atoms with Gasteiger partial charge < -0.3 is 9.84 Å². The Hall–Kier alpha value is -0.120. The first kappa shape index (κ1) is 12.9.